The maximum atomic E-state index is 12.2. The van der Waals surface area contributed by atoms with Crippen molar-refractivity contribution in [2.75, 3.05) is 11.1 Å². The summed E-state index contributed by atoms with van der Waals surface area (Å²) in [5.41, 5.74) is 6.99. The number of nitrogen functional groups attached to an aromatic ring is 1. The maximum Gasteiger partial charge on any atom is 0.256 e. The largest absolute Gasteiger partial charge is 0.368 e. The van der Waals surface area contributed by atoms with E-state index in [0.717, 1.165) is 5.56 Å². The van der Waals surface area contributed by atoms with Crippen LogP contribution in [0.1, 0.15) is 21.7 Å². The van der Waals surface area contributed by atoms with Gasteiger partial charge >= 0.3 is 0 Å². The van der Waals surface area contributed by atoms with E-state index < -0.39 is 0 Å². The van der Waals surface area contributed by atoms with Crippen molar-refractivity contribution in [1.29, 1.82) is 0 Å². The van der Waals surface area contributed by atoms with Gasteiger partial charge in [0.05, 0.1) is 0 Å². The van der Waals surface area contributed by atoms with Gasteiger partial charge < -0.3 is 15.6 Å². The molecule has 0 aliphatic carbocycles. The number of amides is 1. The average Bonchev–Trinajstić information content (AvgIpc) is 3.14. The van der Waals surface area contributed by atoms with Gasteiger partial charge in [0.25, 0.3) is 5.91 Å². The first-order valence-electron chi connectivity index (χ1n) is 6.74. The molecule has 0 saturated carbocycles. The normalized spacial score (nSPS) is 10.7. The Kier molecular flexibility index (Phi) is 4.29. The molecule has 3 aromatic rings. The number of nitrogens with zero attached hydrogens (tertiary/aromatic N) is 3. The van der Waals surface area contributed by atoms with E-state index in [4.69, 9.17) is 10.3 Å². The minimum Gasteiger partial charge on any atom is -0.368 e. The van der Waals surface area contributed by atoms with Crippen LogP contribution in [-0.4, -0.2) is 26.2 Å². The van der Waals surface area contributed by atoms with Crippen molar-refractivity contribution in [2.24, 2.45) is 0 Å². The smallest absolute Gasteiger partial charge is 0.256 e. The summed E-state index contributed by atoms with van der Waals surface area (Å²) >= 11 is 1.43. The van der Waals surface area contributed by atoms with Crippen LogP contribution < -0.4 is 11.1 Å². The van der Waals surface area contributed by atoms with Crippen molar-refractivity contribution in [2.45, 2.75) is 17.8 Å². The molecular weight excluding hydrogens is 316 g/mol. The zero-order valence-electron chi connectivity index (χ0n) is 12.2. The van der Waals surface area contributed by atoms with E-state index in [1.807, 2.05) is 18.2 Å². The Labute approximate surface area is 135 Å². The molecule has 4 N–H and O–H groups in total. The summed E-state index contributed by atoms with van der Waals surface area (Å²) < 4.78 is 4.92. The number of aromatic nitrogens is 4. The van der Waals surface area contributed by atoms with Crippen LogP contribution in [-0.2, 0) is 5.75 Å². The number of carbonyl (C=O) groups excluding carboxylic acids is 1. The van der Waals surface area contributed by atoms with Crippen molar-refractivity contribution in [3.63, 3.8) is 0 Å². The zero-order valence-corrected chi connectivity index (χ0v) is 13.1. The standard InChI is InChI=1S/C14H14N6O2S/c1-8-5-11(20-22-8)16-12(21)10-4-2-3-9(6-10)7-23-14-17-13(15)18-19-14/h2-6H,7H2,1H3,(H,16,20,21)(H3,15,17,18,19). The molecule has 1 amide bonds. The summed E-state index contributed by atoms with van der Waals surface area (Å²) in [4.78, 5) is 16.2. The predicted molar refractivity (Wildman–Crippen MR) is 86.0 cm³/mol. The molecule has 0 atom stereocenters. The quantitative estimate of drug-likeness (QED) is 0.613. The number of thioether (sulfide) groups is 1. The Balaban J connectivity index is 1.65. The monoisotopic (exact) mass is 330 g/mol. The number of hydrogen-bond donors (Lipinski definition) is 3. The second-order valence-electron chi connectivity index (χ2n) is 4.77. The van der Waals surface area contributed by atoms with Crippen LogP contribution in [0.25, 0.3) is 0 Å². The van der Waals surface area contributed by atoms with Gasteiger partial charge in [-0.05, 0) is 24.6 Å². The molecule has 23 heavy (non-hydrogen) atoms. The minimum atomic E-state index is -0.243. The van der Waals surface area contributed by atoms with Gasteiger partial charge in [-0.2, -0.15) is 4.98 Å². The first-order chi connectivity index (χ1) is 11.1. The fourth-order valence-corrected chi connectivity index (χ4v) is 2.64. The predicted octanol–water partition coefficient (Wildman–Crippen LogP) is 2.23. The molecule has 0 aliphatic rings. The van der Waals surface area contributed by atoms with Crippen molar-refractivity contribution in [1.82, 2.24) is 20.3 Å². The molecule has 2 heterocycles. The van der Waals surface area contributed by atoms with Crippen molar-refractivity contribution >= 4 is 29.4 Å². The molecule has 3 rings (SSSR count). The second-order valence-corrected chi connectivity index (χ2v) is 5.71. The SMILES string of the molecule is Cc1cc(NC(=O)c2cccc(CSc3n[nH]c(N)n3)c2)no1. The summed E-state index contributed by atoms with van der Waals surface area (Å²) in [5, 5.41) is 13.5. The van der Waals surface area contributed by atoms with Crippen LogP contribution in [0.2, 0.25) is 0 Å². The Bertz CT molecular complexity index is 828. The molecule has 0 unspecified atom stereocenters. The molecule has 1 aromatic carbocycles. The van der Waals surface area contributed by atoms with E-state index in [-0.39, 0.29) is 11.9 Å². The zero-order chi connectivity index (χ0) is 16.2. The van der Waals surface area contributed by atoms with Crippen LogP contribution >= 0.6 is 11.8 Å². The summed E-state index contributed by atoms with van der Waals surface area (Å²) in [6.07, 6.45) is 0. The highest BCUT2D eigenvalue weighted by atomic mass is 32.2. The van der Waals surface area contributed by atoms with Gasteiger partial charge in [0, 0.05) is 17.4 Å². The number of anilines is 2. The fourth-order valence-electron chi connectivity index (χ4n) is 1.89. The van der Waals surface area contributed by atoms with Gasteiger partial charge in [-0.25, -0.2) is 5.10 Å². The Morgan fingerprint density at radius 2 is 2.30 bits per heavy atom. The number of rotatable bonds is 5. The van der Waals surface area contributed by atoms with E-state index >= 15 is 0 Å². The highest BCUT2D eigenvalue weighted by Gasteiger charge is 2.10. The maximum absolute atomic E-state index is 12.2. The number of nitrogens with one attached hydrogen (secondary N) is 2. The highest BCUT2D eigenvalue weighted by Crippen LogP contribution is 2.20. The number of carbonyl (C=O) groups is 1. The van der Waals surface area contributed by atoms with Crippen LogP contribution in [0.3, 0.4) is 0 Å². The van der Waals surface area contributed by atoms with Gasteiger partial charge in [-0.15, -0.1) is 5.10 Å². The van der Waals surface area contributed by atoms with Gasteiger partial charge in [-0.1, -0.05) is 29.1 Å². The van der Waals surface area contributed by atoms with Crippen molar-refractivity contribution < 1.29 is 9.32 Å². The summed E-state index contributed by atoms with van der Waals surface area (Å²) in [6, 6.07) is 8.96. The van der Waals surface area contributed by atoms with E-state index in [1.165, 1.54) is 11.8 Å². The third kappa shape index (κ3) is 3.89. The summed E-state index contributed by atoms with van der Waals surface area (Å²) in [5.74, 6) is 1.69. The highest BCUT2D eigenvalue weighted by molar-refractivity contribution is 7.98. The Morgan fingerprint density at radius 1 is 1.43 bits per heavy atom. The molecule has 0 fully saturated rings. The lowest BCUT2D eigenvalue weighted by molar-refractivity contribution is 0.102. The van der Waals surface area contributed by atoms with E-state index in [2.05, 4.69) is 25.7 Å². The van der Waals surface area contributed by atoms with E-state index in [0.29, 0.717) is 28.1 Å². The topological polar surface area (TPSA) is 123 Å². The molecule has 0 aliphatic heterocycles. The Morgan fingerprint density at radius 3 is 3.00 bits per heavy atom. The van der Waals surface area contributed by atoms with Crippen molar-refractivity contribution in [3.05, 3.63) is 47.2 Å². The number of benzene rings is 1. The van der Waals surface area contributed by atoms with Crippen LogP contribution in [0.5, 0.6) is 0 Å². The average molecular weight is 330 g/mol. The van der Waals surface area contributed by atoms with E-state index in [9.17, 15) is 4.79 Å². The van der Waals surface area contributed by atoms with Gasteiger partial charge in [0.15, 0.2) is 5.82 Å². The minimum absolute atomic E-state index is 0.243. The van der Waals surface area contributed by atoms with Crippen LogP contribution in [0.4, 0.5) is 11.8 Å². The second kappa shape index (κ2) is 6.53. The third-order valence-corrected chi connectivity index (χ3v) is 3.83. The molecular formula is C14H14N6O2S. The molecule has 8 nitrogen and oxygen atoms in total. The first kappa shape index (κ1) is 15.1. The molecule has 0 saturated heterocycles. The molecule has 2 aromatic heterocycles. The molecule has 118 valence electrons. The lowest BCUT2D eigenvalue weighted by Crippen LogP contribution is -2.12. The van der Waals surface area contributed by atoms with Gasteiger partial charge in [0.2, 0.25) is 11.1 Å². The number of aryl methyl sites for hydroxylation is 1. The lowest BCUT2D eigenvalue weighted by atomic mass is 10.1. The first-order valence-corrected chi connectivity index (χ1v) is 7.73. The van der Waals surface area contributed by atoms with Crippen molar-refractivity contribution in [3.8, 4) is 0 Å². The summed E-state index contributed by atoms with van der Waals surface area (Å²) in [6.45, 7) is 1.76. The molecule has 9 heteroatoms. The number of nitrogens with two attached hydrogens (primary N) is 1. The Hall–Kier alpha value is -2.81. The summed E-state index contributed by atoms with van der Waals surface area (Å²) in [7, 11) is 0. The number of H-pyrrole nitrogens is 1. The molecule has 0 bridgehead atoms. The fraction of sp³-hybridized carbons (Fsp3) is 0.143. The number of hydrogen-bond acceptors (Lipinski definition) is 7. The van der Waals surface area contributed by atoms with Crippen LogP contribution in [0.15, 0.2) is 40.0 Å². The van der Waals surface area contributed by atoms with E-state index in [1.54, 1.807) is 19.1 Å². The molecule has 0 spiro atoms. The third-order valence-electron chi connectivity index (χ3n) is 2.91. The lowest BCUT2D eigenvalue weighted by Gasteiger charge is -2.04. The van der Waals surface area contributed by atoms with Crippen LogP contribution in [0, 0.1) is 6.92 Å². The number of aromatic amines is 1. The molecule has 0 radical (unpaired) electrons. The van der Waals surface area contributed by atoms with Gasteiger partial charge in [0.1, 0.15) is 5.76 Å². The van der Waals surface area contributed by atoms with Gasteiger partial charge in [-0.3, -0.25) is 4.79 Å².